The van der Waals surface area contributed by atoms with Gasteiger partial charge in [-0.05, 0) is 43.0 Å². The number of pyridine rings is 1. The molecule has 6 heteroatoms. The number of imidazole rings is 1. The normalized spacial score (nSPS) is 11.0. The standard InChI is InChI=1S/C21H27N5O/c1-7-15-10-8-9-13(2)16(15)12-22-17-11-18(21(27)25(4)5)24-20-19(17)23-14(3)26(20)6/h8-11H,7,12H2,1-6H3,(H,22,24). The van der Waals surface area contributed by atoms with Crippen LogP contribution >= 0.6 is 0 Å². The van der Waals surface area contributed by atoms with Gasteiger partial charge in [0, 0.05) is 27.7 Å². The minimum Gasteiger partial charge on any atom is -0.379 e. The zero-order valence-corrected chi connectivity index (χ0v) is 16.9. The summed E-state index contributed by atoms with van der Waals surface area (Å²) in [4.78, 5) is 23.2. The molecule has 1 amide bonds. The summed E-state index contributed by atoms with van der Waals surface area (Å²) in [5.74, 6) is 0.740. The van der Waals surface area contributed by atoms with E-state index in [-0.39, 0.29) is 5.91 Å². The van der Waals surface area contributed by atoms with Crippen LogP contribution in [0.2, 0.25) is 0 Å². The number of hydrogen-bond acceptors (Lipinski definition) is 4. The molecule has 1 aromatic carbocycles. The largest absolute Gasteiger partial charge is 0.379 e. The molecule has 3 rings (SSSR count). The molecule has 0 spiro atoms. The van der Waals surface area contributed by atoms with E-state index < -0.39 is 0 Å². The lowest BCUT2D eigenvalue weighted by Crippen LogP contribution is -2.23. The molecule has 0 saturated carbocycles. The third-order valence-electron chi connectivity index (χ3n) is 5.02. The van der Waals surface area contributed by atoms with Gasteiger partial charge in [0.25, 0.3) is 5.91 Å². The van der Waals surface area contributed by atoms with Crippen LogP contribution in [0.1, 0.15) is 39.9 Å². The minimum absolute atomic E-state index is 0.121. The monoisotopic (exact) mass is 365 g/mol. The number of fused-ring (bicyclic) bond motifs is 1. The Kier molecular flexibility index (Phi) is 5.17. The first-order chi connectivity index (χ1) is 12.8. The van der Waals surface area contributed by atoms with Gasteiger partial charge >= 0.3 is 0 Å². The molecule has 2 aromatic heterocycles. The van der Waals surface area contributed by atoms with E-state index >= 15 is 0 Å². The SMILES string of the molecule is CCc1cccc(C)c1CNc1cc(C(=O)N(C)C)nc2c1nc(C)n2C. The van der Waals surface area contributed by atoms with E-state index in [0.29, 0.717) is 17.9 Å². The van der Waals surface area contributed by atoms with Crippen molar-refractivity contribution in [2.24, 2.45) is 7.05 Å². The highest BCUT2D eigenvalue weighted by Gasteiger charge is 2.18. The molecule has 2 heterocycles. The van der Waals surface area contributed by atoms with E-state index in [0.717, 1.165) is 23.4 Å². The number of hydrogen-bond donors (Lipinski definition) is 1. The van der Waals surface area contributed by atoms with Crippen LogP contribution in [0.3, 0.4) is 0 Å². The Labute approximate surface area is 160 Å². The van der Waals surface area contributed by atoms with Crippen LogP contribution < -0.4 is 5.32 Å². The van der Waals surface area contributed by atoms with Crippen molar-refractivity contribution in [1.82, 2.24) is 19.4 Å². The van der Waals surface area contributed by atoms with Gasteiger partial charge in [-0.2, -0.15) is 0 Å². The molecule has 1 N–H and O–H groups in total. The minimum atomic E-state index is -0.121. The molecule has 6 nitrogen and oxygen atoms in total. The maximum absolute atomic E-state index is 12.5. The molecule has 0 saturated heterocycles. The van der Waals surface area contributed by atoms with Gasteiger partial charge in [-0.1, -0.05) is 25.1 Å². The lowest BCUT2D eigenvalue weighted by molar-refractivity contribution is 0.0822. The number of carbonyl (C=O) groups is 1. The van der Waals surface area contributed by atoms with E-state index in [4.69, 9.17) is 0 Å². The summed E-state index contributed by atoms with van der Waals surface area (Å²) in [5, 5.41) is 3.51. The van der Waals surface area contributed by atoms with Crippen molar-refractivity contribution in [3.05, 3.63) is 52.5 Å². The number of nitrogens with one attached hydrogen (secondary N) is 1. The molecular formula is C21H27N5O. The lowest BCUT2D eigenvalue weighted by Gasteiger charge is -2.15. The summed E-state index contributed by atoms with van der Waals surface area (Å²) in [6, 6.07) is 8.20. The quantitative estimate of drug-likeness (QED) is 0.752. The van der Waals surface area contributed by atoms with Gasteiger partial charge in [-0.15, -0.1) is 0 Å². The van der Waals surface area contributed by atoms with E-state index in [1.807, 2.05) is 18.5 Å². The molecule has 0 radical (unpaired) electrons. The molecular weight excluding hydrogens is 338 g/mol. The second kappa shape index (κ2) is 7.39. The van der Waals surface area contributed by atoms with Gasteiger partial charge in [-0.3, -0.25) is 4.79 Å². The average molecular weight is 365 g/mol. The maximum Gasteiger partial charge on any atom is 0.272 e. The van der Waals surface area contributed by atoms with E-state index in [1.54, 1.807) is 20.2 Å². The van der Waals surface area contributed by atoms with Crippen LogP contribution in [0.5, 0.6) is 0 Å². The number of carbonyl (C=O) groups excluding carboxylic acids is 1. The van der Waals surface area contributed by atoms with Crippen LogP contribution in [-0.2, 0) is 20.0 Å². The Hall–Kier alpha value is -2.89. The molecule has 0 unspecified atom stereocenters. The first-order valence-corrected chi connectivity index (χ1v) is 9.20. The van der Waals surface area contributed by atoms with Crippen LogP contribution in [0.4, 0.5) is 5.69 Å². The molecule has 0 bridgehead atoms. The second-order valence-corrected chi connectivity index (χ2v) is 7.06. The van der Waals surface area contributed by atoms with Crippen LogP contribution in [0, 0.1) is 13.8 Å². The Morgan fingerprint density at radius 3 is 2.63 bits per heavy atom. The predicted molar refractivity (Wildman–Crippen MR) is 109 cm³/mol. The van der Waals surface area contributed by atoms with E-state index in [9.17, 15) is 4.79 Å². The molecule has 0 aliphatic heterocycles. The summed E-state index contributed by atoms with van der Waals surface area (Å²) >= 11 is 0. The van der Waals surface area contributed by atoms with Gasteiger partial charge in [0.2, 0.25) is 0 Å². The summed E-state index contributed by atoms with van der Waals surface area (Å²) < 4.78 is 1.91. The van der Waals surface area contributed by atoms with Crippen molar-refractivity contribution in [2.75, 3.05) is 19.4 Å². The van der Waals surface area contributed by atoms with Gasteiger partial charge < -0.3 is 14.8 Å². The third-order valence-corrected chi connectivity index (χ3v) is 5.02. The highest BCUT2D eigenvalue weighted by Crippen LogP contribution is 2.25. The molecule has 142 valence electrons. The fourth-order valence-corrected chi connectivity index (χ4v) is 3.26. The Bertz CT molecular complexity index is 1000. The Morgan fingerprint density at radius 2 is 1.96 bits per heavy atom. The maximum atomic E-state index is 12.5. The molecule has 3 aromatic rings. The number of aromatic nitrogens is 3. The fourth-order valence-electron chi connectivity index (χ4n) is 3.26. The molecule has 0 atom stereocenters. The van der Waals surface area contributed by atoms with Crippen molar-refractivity contribution >= 4 is 22.8 Å². The number of amides is 1. The zero-order chi connectivity index (χ0) is 19.7. The number of rotatable bonds is 5. The summed E-state index contributed by atoms with van der Waals surface area (Å²) in [5.41, 5.74) is 6.62. The molecule has 0 aliphatic carbocycles. The Balaban J connectivity index is 2.05. The van der Waals surface area contributed by atoms with Crippen molar-refractivity contribution in [2.45, 2.75) is 33.7 Å². The van der Waals surface area contributed by atoms with Crippen molar-refractivity contribution in [1.29, 1.82) is 0 Å². The number of anilines is 1. The summed E-state index contributed by atoms with van der Waals surface area (Å²) in [6.45, 7) is 6.92. The number of nitrogens with zero attached hydrogens (tertiary/aromatic N) is 4. The highest BCUT2D eigenvalue weighted by molar-refractivity contribution is 5.97. The molecule has 0 aliphatic rings. The predicted octanol–water partition coefficient (Wildman–Crippen LogP) is 3.46. The van der Waals surface area contributed by atoms with E-state index in [1.165, 1.54) is 21.6 Å². The second-order valence-electron chi connectivity index (χ2n) is 7.06. The Morgan fingerprint density at radius 1 is 1.22 bits per heavy atom. The molecule has 0 fully saturated rings. The van der Waals surface area contributed by atoms with Crippen molar-refractivity contribution in [3.8, 4) is 0 Å². The third kappa shape index (κ3) is 3.52. The number of aryl methyl sites for hydroxylation is 4. The first kappa shape index (κ1) is 18.9. The summed E-state index contributed by atoms with van der Waals surface area (Å²) in [6.07, 6.45) is 0.984. The summed E-state index contributed by atoms with van der Waals surface area (Å²) in [7, 11) is 5.38. The van der Waals surface area contributed by atoms with Crippen molar-refractivity contribution in [3.63, 3.8) is 0 Å². The van der Waals surface area contributed by atoms with Crippen LogP contribution in [-0.4, -0.2) is 39.4 Å². The number of benzene rings is 1. The fraction of sp³-hybridized carbons (Fsp3) is 0.381. The molecule has 27 heavy (non-hydrogen) atoms. The van der Waals surface area contributed by atoms with Gasteiger partial charge in [0.05, 0.1) is 5.69 Å². The van der Waals surface area contributed by atoms with Crippen molar-refractivity contribution < 1.29 is 4.79 Å². The first-order valence-electron chi connectivity index (χ1n) is 9.20. The van der Waals surface area contributed by atoms with E-state index in [2.05, 4.69) is 47.3 Å². The van der Waals surface area contributed by atoms with Gasteiger partial charge in [-0.25, -0.2) is 9.97 Å². The zero-order valence-electron chi connectivity index (χ0n) is 16.9. The van der Waals surface area contributed by atoms with Crippen LogP contribution in [0.15, 0.2) is 24.3 Å². The smallest absolute Gasteiger partial charge is 0.272 e. The van der Waals surface area contributed by atoms with Crippen LogP contribution in [0.25, 0.3) is 11.2 Å². The highest BCUT2D eigenvalue weighted by atomic mass is 16.2. The van der Waals surface area contributed by atoms with Gasteiger partial charge in [0.1, 0.15) is 17.0 Å². The topological polar surface area (TPSA) is 63.1 Å². The average Bonchev–Trinajstić information content (AvgIpc) is 2.94. The van der Waals surface area contributed by atoms with Gasteiger partial charge in [0.15, 0.2) is 5.65 Å². The lowest BCUT2D eigenvalue weighted by atomic mass is 10.00.